The molecule has 0 fully saturated rings. The Bertz CT molecular complexity index is 737. The van der Waals surface area contributed by atoms with E-state index < -0.39 is 0 Å². The van der Waals surface area contributed by atoms with Crippen LogP contribution in [0.1, 0.15) is 42.2 Å². The maximum Gasteiger partial charge on any atom is 0.257 e. The Labute approximate surface area is 166 Å². The molecule has 2 N–H and O–H groups in total. The van der Waals surface area contributed by atoms with E-state index in [1.54, 1.807) is 18.2 Å². The smallest absolute Gasteiger partial charge is 0.257 e. The van der Waals surface area contributed by atoms with Gasteiger partial charge in [0.15, 0.2) is 5.11 Å². The molecule has 0 spiro atoms. The Kier molecular flexibility index (Phi) is 8.74. The third-order valence-electron chi connectivity index (χ3n) is 3.94. The third kappa shape index (κ3) is 7.00. The fourth-order valence-corrected chi connectivity index (χ4v) is 2.80. The van der Waals surface area contributed by atoms with E-state index in [0.717, 1.165) is 12.0 Å². The van der Waals surface area contributed by atoms with Gasteiger partial charge in [-0.05, 0) is 49.3 Å². The zero-order valence-corrected chi connectivity index (χ0v) is 16.6. The molecule has 0 aliphatic heterocycles. The Morgan fingerprint density at radius 1 is 1.07 bits per heavy atom. The minimum Gasteiger partial charge on any atom is -0.491 e. The van der Waals surface area contributed by atoms with Crippen LogP contribution in [0.4, 0.5) is 0 Å². The molecule has 144 valence electrons. The number of hydrogen-bond donors (Lipinski definition) is 2. The highest BCUT2D eigenvalue weighted by molar-refractivity contribution is 7.80. The summed E-state index contributed by atoms with van der Waals surface area (Å²) in [6.45, 7) is 5.60. The van der Waals surface area contributed by atoms with Crippen LogP contribution in [0.15, 0.2) is 54.6 Å². The van der Waals surface area contributed by atoms with Gasteiger partial charge in [-0.3, -0.25) is 10.1 Å². The molecule has 2 aromatic carbocycles. The van der Waals surface area contributed by atoms with E-state index in [1.165, 1.54) is 0 Å². The fraction of sp³-hybridized carbons (Fsp3) is 0.333. The van der Waals surface area contributed by atoms with E-state index in [2.05, 4.69) is 17.6 Å². The highest BCUT2D eigenvalue weighted by atomic mass is 32.1. The van der Waals surface area contributed by atoms with Gasteiger partial charge in [-0.2, -0.15) is 0 Å². The third-order valence-corrected chi connectivity index (χ3v) is 4.16. The molecule has 5 nitrogen and oxygen atoms in total. The Balaban J connectivity index is 1.91. The lowest BCUT2D eigenvalue weighted by molar-refractivity contribution is 0.0975. The lowest BCUT2D eigenvalue weighted by Crippen LogP contribution is -2.40. The maximum absolute atomic E-state index is 12.5. The van der Waals surface area contributed by atoms with Crippen LogP contribution >= 0.6 is 12.2 Å². The van der Waals surface area contributed by atoms with Crippen molar-refractivity contribution in [3.05, 3.63) is 65.7 Å². The molecule has 6 heteroatoms. The van der Waals surface area contributed by atoms with Crippen molar-refractivity contribution in [2.24, 2.45) is 0 Å². The second kappa shape index (κ2) is 11.3. The second-order valence-corrected chi connectivity index (χ2v) is 6.28. The summed E-state index contributed by atoms with van der Waals surface area (Å²) >= 11 is 5.31. The lowest BCUT2D eigenvalue weighted by Gasteiger charge is -2.19. The van der Waals surface area contributed by atoms with Gasteiger partial charge in [0.1, 0.15) is 12.4 Å². The molecule has 1 atom stereocenters. The van der Waals surface area contributed by atoms with Crippen molar-refractivity contribution < 1.29 is 14.3 Å². The first-order valence-electron chi connectivity index (χ1n) is 9.11. The zero-order valence-electron chi connectivity index (χ0n) is 15.7. The summed E-state index contributed by atoms with van der Waals surface area (Å²) in [7, 11) is 0. The van der Waals surface area contributed by atoms with Crippen LogP contribution in [0, 0.1) is 0 Å². The summed E-state index contributed by atoms with van der Waals surface area (Å²) in [6.07, 6.45) is 0.850. The van der Waals surface area contributed by atoms with Crippen LogP contribution in [0.5, 0.6) is 5.75 Å². The maximum atomic E-state index is 12.5. The van der Waals surface area contributed by atoms with Gasteiger partial charge in [0, 0.05) is 12.2 Å². The van der Waals surface area contributed by atoms with Crippen LogP contribution in [-0.2, 0) is 4.74 Å². The van der Waals surface area contributed by atoms with Gasteiger partial charge in [-0.25, -0.2) is 0 Å². The van der Waals surface area contributed by atoms with Gasteiger partial charge in [-0.15, -0.1) is 0 Å². The summed E-state index contributed by atoms with van der Waals surface area (Å²) in [5.41, 5.74) is 1.61. The fourth-order valence-electron chi connectivity index (χ4n) is 2.57. The van der Waals surface area contributed by atoms with Crippen LogP contribution < -0.4 is 15.4 Å². The number of benzene rings is 2. The molecular weight excluding hydrogens is 360 g/mol. The first-order chi connectivity index (χ1) is 13.1. The van der Waals surface area contributed by atoms with Crippen molar-refractivity contribution in [3.8, 4) is 5.75 Å². The van der Waals surface area contributed by atoms with Gasteiger partial charge in [0.05, 0.1) is 12.6 Å². The summed E-state index contributed by atoms with van der Waals surface area (Å²) in [5, 5.41) is 6.24. The van der Waals surface area contributed by atoms with E-state index in [1.807, 2.05) is 43.3 Å². The normalized spacial score (nSPS) is 11.5. The molecule has 0 saturated heterocycles. The van der Waals surface area contributed by atoms with Crippen LogP contribution in [0.3, 0.4) is 0 Å². The molecule has 0 aliphatic rings. The molecule has 0 saturated carbocycles. The van der Waals surface area contributed by atoms with Crippen molar-refractivity contribution in [3.63, 3.8) is 0 Å². The number of carbonyl (C=O) groups excluding carboxylic acids is 1. The number of rotatable bonds is 9. The quantitative estimate of drug-likeness (QED) is 0.506. The Morgan fingerprint density at radius 2 is 1.85 bits per heavy atom. The van der Waals surface area contributed by atoms with Crippen molar-refractivity contribution in [1.29, 1.82) is 0 Å². The lowest BCUT2D eigenvalue weighted by atomic mass is 10.1. The van der Waals surface area contributed by atoms with Crippen molar-refractivity contribution in [2.45, 2.75) is 26.3 Å². The zero-order chi connectivity index (χ0) is 19.5. The summed E-state index contributed by atoms with van der Waals surface area (Å²) in [6, 6.07) is 17.1. The van der Waals surface area contributed by atoms with Crippen molar-refractivity contribution in [2.75, 3.05) is 19.8 Å². The average molecular weight is 387 g/mol. The molecule has 1 amide bonds. The van der Waals surface area contributed by atoms with E-state index in [4.69, 9.17) is 21.7 Å². The van der Waals surface area contributed by atoms with Gasteiger partial charge < -0.3 is 14.8 Å². The van der Waals surface area contributed by atoms with Gasteiger partial charge in [-0.1, -0.05) is 43.3 Å². The predicted octanol–water partition coefficient (Wildman–Crippen LogP) is 3.86. The average Bonchev–Trinajstić information content (AvgIpc) is 2.70. The topological polar surface area (TPSA) is 59.6 Å². The molecule has 0 aliphatic carbocycles. The van der Waals surface area contributed by atoms with E-state index in [-0.39, 0.29) is 11.9 Å². The number of nitrogens with one attached hydrogen (secondary N) is 2. The monoisotopic (exact) mass is 386 g/mol. The molecule has 0 aromatic heterocycles. The molecule has 2 aromatic rings. The second-order valence-electron chi connectivity index (χ2n) is 5.87. The number of carbonyl (C=O) groups is 1. The SMILES string of the molecule is CCOCCOc1cccc(C(=O)NC(=S)NC(CC)c2ccccc2)c1. The summed E-state index contributed by atoms with van der Waals surface area (Å²) < 4.78 is 10.8. The molecule has 0 bridgehead atoms. The standard InChI is InChI=1S/C21H26N2O3S/c1-3-19(16-9-6-5-7-10-16)22-21(27)23-20(24)17-11-8-12-18(15-17)26-14-13-25-4-2/h5-12,15,19H,3-4,13-14H2,1-2H3,(H2,22,23,24,27). The molecule has 27 heavy (non-hydrogen) atoms. The van der Waals surface area contributed by atoms with Crippen molar-refractivity contribution in [1.82, 2.24) is 10.6 Å². The molecule has 0 radical (unpaired) electrons. The molecule has 1 unspecified atom stereocenters. The van der Waals surface area contributed by atoms with Crippen LogP contribution in [0.2, 0.25) is 0 Å². The Morgan fingerprint density at radius 3 is 2.56 bits per heavy atom. The predicted molar refractivity (Wildman–Crippen MR) is 111 cm³/mol. The van der Waals surface area contributed by atoms with E-state index >= 15 is 0 Å². The number of amides is 1. The number of thiocarbonyl (C=S) groups is 1. The number of hydrogen-bond acceptors (Lipinski definition) is 4. The highest BCUT2D eigenvalue weighted by Crippen LogP contribution is 2.16. The molecule has 2 rings (SSSR count). The van der Waals surface area contributed by atoms with Crippen molar-refractivity contribution >= 4 is 23.2 Å². The highest BCUT2D eigenvalue weighted by Gasteiger charge is 2.13. The summed E-state index contributed by atoms with van der Waals surface area (Å²) in [4.78, 5) is 12.5. The van der Waals surface area contributed by atoms with Gasteiger partial charge in [0.2, 0.25) is 0 Å². The van der Waals surface area contributed by atoms with Gasteiger partial charge >= 0.3 is 0 Å². The Hall–Kier alpha value is -2.44. The minimum absolute atomic E-state index is 0.0484. The van der Waals surface area contributed by atoms with E-state index in [9.17, 15) is 4.79 Å². The first-order valence-corrected chi connectivity index (χ1v) is 9.52. The largest absolute Gasteiger partial charge is 0.491 e. The van der Waals surface area contributed by atoms with Crippen LogP contribution in [-0.4, -0.2) is 30.8 Å². The van der Waals surface area contributed by atoms with Gasteiger partial charge in [0.25, 0.3) is 5.91 Å². The molecule has 0 heterocycles. The minimum atomic E-state index is -0.273. The van der Waals surface area contributed by atoms with E-state index in [0.29, 0.717) is 36.2 Å². The summed E-state index contributed by atoms with van der Waals surface area (Å²) in [5.74, 6) is 0.350. The molecular formula is C21H26N2O3S. The number of ether oxygens (including phenoxy) is 2. The first kappa shape index (κ1) is 20.9. The van der Waals surface area contributed by atoms with Crippen LogP contribution in [0.25, 0.3) is 0 Å².